The van der Waals surface area contributed by atoms with Gasteiger partial charge < -0.3 is 9.30 Å². The predicted molar refractivity (Wildman–Crippen MR) is 122 cm³/mol. The number of hydrogen-bond donors (Lipinski definition) is 0. The molecule has 4 rings (SSSR count). The van der Waals surface area contributed by atoms with Crippen molar-refractivity contribution in [2.24, 2.45) is 0 Å². The van der Waals surface area contributed by atoms with Gasteiger partial charge in [-0.2, -0.15) is 0 Å². The lowest BCUT2D eigenvalue weighted by molar-refractivity contribution is -0.143. The summed E-state index contributed by atoms with van der Waals surface area (Å²) in [7, 11) is 0. The number of aryl methyl sites for hydroxylation is 3. The van der Waals surface area contributed by atoms with E-state index in [9.17, 15) is 9.18 Å². The normalized spacial score (nSPS) is 11.0. The largest absolute Gasteiger partial charge is 0.466 e. The van der Waals surface area contributed by atoms with Gasteiger partial charge >= 0.3 is 5.97 Å². The van der Waals surface area contributed by atoms with Gasteiger partial charge in [0.15, 0.2) is 0 Å². The summed E-state index contributed by atoms with van der Waals surface area (Å²) in [6, 6.07) is 23.3. The maximum Gasteiger partial charge on any atom is 0.306 e. The fraction of sp³-hybridized carbons (Fsp3) is 0.222. The molecule has 0 spiro atoms. The molecular weight excluding hydrogens is 389 g/mol. The Morgan fingerprint density at radius 2 is 1.68 bits per heavy atom. The smallest absolute Gasteiger partial charge is 0.306 e. The zero-order valence-electron chi connectivity index (χ0n) is 17.7. The quantitative estimate of drug-likeness (QED) is 0.328. The Balaban J connectivity index is 1.67. The number of carbonyl (C=O) groups excluding carboxylic acids is 1. The van der Waals surface area contributed by atoms with Crippen LogP contribution in [0.2, 0.25) is 0 Å². The molecule has 4 aromatic rings. The average Bonchev–Trinajstić information content (AvgIpc) is 3.15. The molecule has 0 atom stereocenters. The van der Waals surface area contributed by atoms with Crippen molar-refractivity contribution in [1.29, 1.82) is 0 Å². The van der Waals surface area contributed by atoms with E-state index in [0.29, 0.717) is 19.4 Å². The van der Waals surface area contributed by atoms with E-state index in [1.54, 1.807) is 12.1 Å². The molecule has 0 saturated heterocycles. The molecule has 0 radical (unpaired) electrons. The number of benzene rings is 3. The first-order valence-corrected chi connectivity index (χ1v) is 10.7. The minimum absolute atomic E-state index is 0.171. The molecule has 0 saturated carbocycles. The number of esters is 1. The minimum Gasteiger partial charge on any atom is -0.466 e. The van der Waals surface area contributed by atoms with Crippen molar-refractivity contribution >= 4 is 16.9 Å². The third-order valence-electron chi connectivity index (χ3n) is 5.51. The van der Waals surface area contributed by atoms with E-state index in [2.05, 4.69) is 53.2 Å². The highest BCUT2D eigenvalue weighted by molar-refractivity contribution is 5.86. The Hall–Kier alpha value is -3.40. The van der Waals surface area contributed by atoms with Crippen molar-refractivity contribution in [3.63, 3.8) is 0 Å². The van der Waals surface area contributed by atoms with E-state index in [1.807, 2.05) is 13.0 Å². The van der Waals surface area contributed by atoms with Crippen LogP contribution in [-0.2, 0) is 28.8 Å². The number of carbonyl (C=O) groups is 1. The van der Waals surface area contributed by atoms with Crippen molar-refractivity contribution < 1.29 is 13.9 Å². The number of halogens is 1. The van der Waals surface area contributed by atoms with Crippen LogP contribution in [0.5, 0.6) is 0 Å². The Kier molecular flexibility index (Phi) is 6.46. The highest BCUT2D eigenvalue weighted by atomic mass is 19.1. The first kappa shape index (κ1) is 20.9. The molecule has 1 heterocycles. The van der Waals surface area contributed by atoms with E-state index in [-0.39, 0.29) is 11.8 Å². The summed E-state index contributed by atoms with van der Waals surface area (Å²) in [6.07, 6.45) is 5.01. The van der Waals surface area contributed by atoms with Crippen LogP contribution >= 0.6 is 0 Å². The molecule has 31 heavy (non-hydrogen) atoms. The lowest BCUT2D eigenvalue weighted by Crippen LogP contribution is -2.05. The molecule has 1 aromatic heterocycles. The van der Waals surface area contributed by atoms with Crippen LogP contribution in [0.15, 0.2) is 79.0 Å². The first-order valence-electron chi connectivity index (χ1n) is 10.7. The Labute approximate surface area is 182 Å². The molecule has 0 amide bonds. The van der Waals surface area contributed by atoms with Crippen LogP contribution in [0.4, 0.5) is 4.39 Å². The van der Waals surface area contributed by atoms with Gasteiger partial charge in [0.1, 0.15) is 5.82 Å². The predicted octanol–water partition coefficient (Wildman–Crippen LogP) is 6.05. The van der Waals surface area contributed by atoms with Crippen molar-refractivity contribution in [2.45, 2.75) is 32.6 Å². The molecule has 0 unspecified atom stereocenters. The van der Waals surface area contributed by atoms with Crippen LogP contribution in [0, 0.1) is 5.82 Å². The van der Waals surface area contributed by atoms with Gasteiger partial charge in [-0.25, -0.2) is 4.39 Å². The van der Waals surface area contributed by atoms with Crippen molar-refractivity contribution in [2.75, 3.05) is 6.61 Å². The number of nitrogens with zero attached hydrogens (tertiary/aromatic N) is 1. The van der Waals surface area contributed by atoms with Gasteiger partial charge in [0.25, 0.3) is 0 Å². The van der Waals surface area contributed by atoms with Crippen LogP contribution in [0.1, 0.15) is 30.0 Å². The third-order valence-corrected chi connectivity index (χ3v) is 5.51. The number of rotatable bonds is 8. The van der Waals surface area contributed by atoms with Gasteiger partial charge in [0, 0.05) is 23.7 Å². The molecule has 0 aliphatic heterocycles. The summed E-state index contributed by atoms with van der Waals surface area (Å²) in [4.78, 5) is 11.8. The lowest BCUT2D eigenvalue weighted by Gasteiger charge is -2.07. The number of hydrogen-bond acceptors (Lipinski definition) is 2. The number of fused-ring (bicyclic) bond motifs is 1. The van der Waals surface area contributed by atoms with Crippen molar-refractivity contribution in [3.8, 4) is 5.69 Å². The topological polar surface area (TPSA) is 31.2 Å². The molecule has 4 heteroatoms. The zero-order chi connectivity index (χ0) is 21.6. The Bertz CT molecular complexity index is 1160. The lowest BCUT2D eigenvalue weighted by atomic mass is 10.0. The Morgan fingerprint density at radius 1 is 0.903 bits per heavy atom. The summed E-state index contributed by atoms with van der Waals surface area (Å²) in [5, 5.41) is 1.17. The highest BCUT2D eigenvalue weighted by Gasteiger charge is 2.12. The van der Waals surface area contributed by atoms with Gasteiger partial charge in [0.05, 0.1) is 12.1 Å². The van der Waals surface area contributed by atoms with Crippen LogP contribution < -0.4 is 0 Å². The molecule has 3 aromatic carbocycles. The van der Waals surface area contributed by atoms with E-state index in [1.165, 1.54) is 28.6 Å². The van der Waals surface area contributed by atoms with Gasteiger partial charge in [-0.15, -0.1) is 0 Å². The third kappa shape index (κ3) is 5.02. The molecule has 0 N–H and O–H groups in total. The molecule has 158 valence electrons. The second-order valence-corrected chi connectivity index (χ2v) is 7.64. The van der Waals surface area contributed by atoms with Crippen molar-refractivity contribution in [3.05, 3.63) is 102 Å². The molecule has 0 aliphatic rings. The summed E-state index contributed by atoms with van der Waals surface area (Å²) >= 11 is 0. The second kappa shape index (κ2) is 9.61. The molecule has 0 bridgehead atoms. The fourth-order valence-electron chi connectivity index (χ4n) is 3.92. The van der Waals surface area contributed by atoms with Gasteiger partial charge in [-0.05, 0) is 79.3 Å². The molecule has 0 fully saturated rings. The van der Waals surface area contributed by atoms with E-state index < -0.39 is 0 Å². The zero-order valence-corrected chi connectivity index (χ0v) is 17.7. The van der Waals surface area contributed by atoms with E-state index in [4.69, 9.17) is 4.74 Å². The van der Waals surface area contributed by atoms with Crippen LogP contribution in [0.25, 0.3) is 16.6 Å². The van der Waals surface area contributed by atoms with Gasteiger partial charge in [-0.1, -0.05) is 36.4 Å². The standard InChI is InChI=1S/C27H26FNO2/c1-2-31-27(30)17-10-21-9-16-26-25(18-21)22(11-8-20-6-4-3-5-7-20)19-29(26)24-14-12-23(28)13-15-24/h3-7,9,12-16,18-19H,2,8,10-11,17H2,1H3. The van der Waals surface area contributed by atoms with Gasteiger partial charge in [0.2, 0.25) is 0 Å². The maximum atomic E-state index is 13.4. The summed E-state index contributed by atoms with van der Waals surface area (Å²) in [6.45, 7) is 2.23. The highest BCUT2D eigenvalue weighted by Crippen LogP contribution is 2.28. The van der Waals surface area contributed by atoms with Gasteiger partial charge in [-0.3, -0.25) is 4.79 Å². The monoisotopic (exact) mass is 415 g/mol. The molecule has 3 nitrogen and oxygen atoms in total. The number of aromatic nitrogens is 1. The van der Waals surface area contributed by atoms with Crippen molar-refractivity contribution in [1.82, 2.24) is 4.57 Å². The SMILES string of the molecule is CCOC(=O)CCc1ccc2c(c1)c(CCc1ccccc1)cn2-c1ccc(F)cc1. The average molecular weight is 416 g/mol. The van der Waals surface area contributed by atoms with Crippen LogP contribution in [0.3, 0.4) is 0 Å². The van der Waals surface area contributed by atoms with Crippen LogP contribution in [-0.4, -0.2) is 17.1 Å². The summed E-state index contributed by atoms with van der Waals surface area (Å²) in [5.41, 5.74) is 5.65. The summed E-state index contributed by atoms with van der Waals surface area (Å²) in [5.74, 6) is -0.415. The summed E-state index contributed by atoms with van der Waals surface area (Å²) < 4.78 is 20.6. The fourth-order valence-corrected chi connectivity index (χ4v) is 3.92. The Morgan fingerprint density at radius 3 is 2.42 bits per heavy atom. The number of ether oxygens (including phenoxy) is 1. The molecule has 0 aliphatic carbocycles. The second-order valence-electron chi connectivity index (χ2n) is 7.64. The maximum absolute atomic E-state index is 13.4. The first-order chi connectivity index (χ1) is 15.1. The van der Waals surface area contributed by atoms with E-state index >= 15 is 0 Å². The minimum atomic E-state index is -0.245. The van der Waals surface area contributed by atoms with E-state index in [0.717, 1.165) is 29.6 Å². The molecular formula is C27H26FNO2.